The number of amides is 1. The molecule has 0 aliphatic heterocycles. The van der Waals surface area contributed by atoms with Gasteiger partial charge in [0, 0.05) is 18.0 Å². The van der Waals surface area contributed by atoms with Crippen LogP contribution in [0.5, 0.6) is 0 Å². The lowest BCUT2D eigenvalue weighted by molar-refractivity contribution is -0.139. The first-order chi connectivity index (χ1) is 6.66. The summed E-state index contributed by atoms with van der Waals surface area (Å²) in [6, 6.07) is 0. The van der Waals surface area contributed by atoms with E-state index in [2.05, 4.69) is 34.6 Å². The SMILES string of the molecule is CC(C)CCN(C(=O)C(C)C)C(C)(C)C. The van der Waals surface area contributed by atoms with E-state index in [1.807, 2.05) is 18.7 Å². The minimum Gasteiger partial charge on any atom is -0.338 e. The number of carbonyl (C=O) groups is 1. The van der Waals surface area contributed by atoms with Gasteiger partial charge in [-0.05, 0) is 33.1 Å². The Labute approximate surface area is 95.0 Å². The van der Waals surface area contributed by atoms with Gasteiger partial charge in [0.1, 0.15) is 0 Å². The topological polar surface area (TPSA) is 20.3 Å². The van der Waals surface area contributed by atoms with Crippen molar-refractivity contribution in [2.75, 3.05) is 6.54 Å². The molecule has 0 unspecified atom stereocenters. The van der Waals surface area contributed by atoms with E-state index in [-0.39, 0.29) is 17.4 Å². The lowest BCUT2D eigenvalue weighted by Gasteiger charge is -2.37. The Bertz CT molecular complexity index is 201. The first-order valence-corrected chi connectivity index (χ1v) is 5.97. The number of carbonyl (C=O) groups excluding carboxylic acids is 1. The molecule has 2 nitrogen and oxygen atoms in total. The summed E-state index contributed by atoms with van der Waals surface area (Å²) < 4.78 is 0. The van der Waals surface area contributed by atoms with Crippen LogP contribution in [0.4, 0.5) is 0 Å². The third-order valence-electron chi connectivity index (χ3n) is 2.50. The van der Waals surface area contributed by atoms with Gasteiger partial charge in [0.05, 0.1) is 0 Å². The first kappa shape index (κ1) is 14.5. The largest absolute Gasteiger partial charge is 0.338 e. The summed E-state index contributed by atoms with van der Waals surface area (Å²) >= 11 is 0. The molecule has 15 heavy (non-hydrogen) atoms. The van der Waals surface area contributed by atoms with Crippen LogP contribution in [-0.2, 0) is 4.79 Å². The van der Waals surface area contributed by atoms with Crippen molar-refractivity contribution in [3.63, 3.8) is 0 Å². The summed E-state index contributed by atoms with van der Waals surface area (Å²) in [5.74, 6) is 1.01. The zero-order valence-corrected chi connectivity index (χ0v) is 11.4. The van der Waals surface area contributed by atoms with Gasteiger partial charge >= 0.3 is 0 Å². The summed E-state index contributed by atoms with van der Waals surface area (Å²) in [7, 11) is 0. The number of hydrogen-bond acceptors (Lipinski definition) is 1. The molecule has 0 aromatic carbocycles. The van der Waals surface area contributed by atoms with Crippen LogP contribution in [0.3, 0.4) is 0 Å². The summed E-state index contributed by atoms with van der Waals surface area (Å²) in [4.78, 5) is 14.0. The predicted octanol–water partition coefficient (Wildman–Crippen LogP) is 3.32. The third-order valence-corrected chi connectivity index (χ3v) is 2.50. The summed E-state index contributed by atoms with van der Waals surface area (Å²) in [6.45, 7) is 15.5. The number of nitrogens with zero attached hydrogens (tertiary/aromatic N) is 1. The smallest absolute Gasteiger partial charge is 0.225 e. The van der Waals surface area contributed by atoms with Gasteiger partial charge < -0.3 is 4.90 Å². The Balaban J connectivity index is 4.53. The molecular weight excluding hydrogens is 186 g/mol. The fraction of sp³-hybridized carbons (Fsp3) is 0.923. The van der Waals surface area contributed by atoms with Crippen LogP contribution in [0, 0.1) is 11.8 Å². The van der Waals surface area contributed by atoms with E-state index in [4.69, 9.17) is 0 Å². The highest BCUT2D eigenvalue weighted by Gasteiger charge is 2.27. The van der Waals surface area contributed by atoms with Crippen LogP contribution < -0.4 is 0 Å². The molecule has 0 atom stereocenters. The van der Waals surface area contributed by atoms with E-state index in [0.29, 0.717) is 5.92 Å². The van der Waals surface area contributed by atoms with E-state index < -0.39 is 0 Å². The highest BCUT2D eigenvalue weighted by molar-refractivity contribution is 5.78. The van der Waals surface area contributed by atoms with Gasteiger partial charge in [-0.25, -0.2) is 0 Å². The van der Waals surface area contributed by atoms with Gasteiger partial charge in [-0.1, -0.05) is 27.7 Å². The maximum atomic E-state index is 12.0. The Morgan fingerprint density at radius 1 is 1.13 bits per heavy atom. The molecule has 0 radical (unpaired) electrons. The van der Waals surface area contributed by atoms with Gasteiger partial charge in [0.15, 0.2) is 0 Å². The van der Waals surface area contributed by atoms with Gasteiger partial charge in [-0.3, -0.25) is 4.79 Å². The second kappa shape index (κ2) is 5.53. The zero-order chi connectivity index (χ0) is 12.2. The molecule has 0 N–H and O–H groups in total. The average Bonchev–Trinajstić information content (AvgIpc) is 2.00. The van der Waals surface area contributed by atoms with Crippen LogP contribution in [0.2, 0.25) is 0 Å². The normalized spacial score (nSPS) is 12.3. The van der Waals surface area contributed by atoms with Crippen molar-refractivity contribution in [3.8, 4) is 0 Å². The summed E-state index contributed by atoms with van der Waals surface area (Å²) in [6.07, 6.45) is 1.08. The van der Waals surface area contributed by atoms with Crippen LogP contribution in [-0.4, -0.2) is 22.9 Å². The van der Waals surface area contributed by atoms with Crippen molar-refractivity contribution < 1.29 is 4.79 Å². The molecule has 0 bridgehead atoms. The molecule has 0 fully saturated rings. The van der Waals surface area contributed by atoms with Crippen molar-refractivity contribution in [3.05, 3.63) is 0 Å². The van der Waals surface area contributed by atoms with Gasteiger partial charge in [0.25, 0.3) is 0 Å². The van der Waals surface area contributed by atoms with Crippen molar-refractivity contribution in [2.45, 2.75) is 60.4 Å². The van der Waals surface area contributed by atoms with Crippen molar-refractivity contribution in [1.82, 2.24) is 4.90 Å². The number of rotatable bonds is 4. The fourth-order valence-corrected chi connectivity index (χ4v) is 1.48. The molecule has 0 spiro atoms. The molecular formula is C13H27NO. The molecule has 0 heterocycles. The highest BCUT2D eigenvalue weighted by Crippen LogP contribution is 2.18. The summed E-state index contributed by atoms with van der Waals surface area (Å²) in [5, 5.41) is 0. The second-order valence-electron chi connectivity index (χ2n) is 6.00. The molecule has 0 aliphatic carbocycles. The van der Waals surface area contributed by atoms with Crippen LogP contribution in [0.15, 0.2) is 0 Å². The minimum absolute atomic E-state index is 0.0593. The van der Waals surface area contributed by atoms with E-state index in [1.165, 1.54) is 0 Å². The second-order valence-corrected chi connectivity index (χ2v) is 6.00. The van der Waals surface area contributed by atoms with Crippen molar-refractivity contribution >= 4 is 5.91 Å². The molecule has 0 aliphatic rings. The van der Waals surface area contributed by atoms with E-state index in [0.717, 1.165) is 13.0 Å². The molecule has 90 valence electrons. The van der Waals surface area contributed by atoms with Gasteiger partial charge in [0.2, 0.25) is 5.91 Å². The zero-order valence-electron chi connectivity index (χ0n) is 11.4. The van der Waals surface area contributed by atoms with Crippen LogP contribution in [0.1, 0.15) is 54.9 Å². The standard InChI is InChI=1S/C13H27NO/c1-10(2)8-9-14(13(5,6)7)12(15)11(3)4/h10-11H,8-9H2,1-7H3. The third kappa shape index (κ3) is 5.19. The van der Waals surface area contributed by atoms with E-state index in [1.54, 1.807) is 0 Å². The highest BCUT2D eigenvalue weighted by atomic mass is 16.2. The summed E-state index contributed by atoms with van der Waals surface area (Å²) in [5.41, 5.74) is -0.0593. The lowest BCUT2D eigenvalue weighted by Crippen LogP contribution is -2.48. The monoisotopic (exact) mass is 213 g/mol. The molecule has 2 heteroatoms. The lowest BCUT2D eigenvalue weighted by atomic mass is 10.0. The molecule has 0 aromatic heterocycles. The van der Waals surface area contributed by atoms with Gasteiger partial charge in [-0.15, -0.1) is 0 Å². The number of hydrogen-bond donors (Lipinski definition) is 0. The molecule has 1 amide bonds. The molecule has 0 saturated heterocycles. The first-order valence-electron chi connectivity index (χ1n) is 5.97. The fourth-order valence-electron chi connectivity index (χ4n) is 1.48. The van der Waals surface area contributed by atoms with Crippen LogP contribution >= 0.6 is 0 Å². The Morgan fingerprint density at radius 2 is 1.60 bits per heavy atom. The van der Waals surface area contributed by atoms with E-state index >= 15 is 0 Å². The maximum Gasteiger partial charge on any atom is 0.225 e. The Morgan fingerprint density at radius 3 is 1.87 bits per heavy atom. The Kier molecular flexibility index (Phi) is 5.33. The van der Waals surface area contributed by atoms with Crippen molar-refractivity contribution in [2.24, 2.45) is 11.8 Å². The minimum atomic E-state index is -0.0593. The quantitative estimate of drug-likeness (QED) is 0.701. The maximum absolute atomic E-state index is 12.0. The molecule has 0 saturated carbocycles. The Hall–Kier alpha value is -0.530. The molecule has 0 aromatic rings. The average molecular weight is 213 g/mol. The van der Waals surface area contributed by atoms with Crippen LogP contribution in [0.25, 0.3) is 0 Å². The van der Waals surface area contributed by atoms with Crippen molar-refractivity contribution in [1.29, 1.82) is 0 Å². The van der Waals surface area contributed by atoms with E-state index in [9.17, 15) is 4.79 Å². The predicted molar refractivity (Wildman–Crippen MR) is 65.8 cm³/mol. The molecule has 0 rings (SSSR count). The van der Waals surface area contributed by atoms with Gasteiger partial charge in [-0.2, -0.15) is 0 Å².